The Labute approximate surface area is 592 Å². The summed E-state index contributed by atoms with van der Waals surface area (Å²) >= 11 is 3.41. The zero-order valence-corrected chi connectivity index (χ0v) is 56.2. The first-order valence-electron chi connectivity index (χ1n) is 34.4. The number of fused-ring (bicyclic) bond motifs is 32. The Balaban J connectivity index is 0.000000108. The molecule has 0 radical (unpaired) electrons. The van der Waals surface area contributed by atoms with Gasteiger partial charge in [0.25, 0.3) is 0 Å². The van der Waals surface area contributed by atoms with Gasteiger partial charge in [0.2, 0.25) is 22.1 Å². The number of hydrogen-bond donors (Lipinski definition) is 1. The number of halogens is 1. The number of H-pyrrole nitrogens is 1. The van der Waals surface area contributed by atoms with Crippen LogP contribution in [-0.4, -0.2) is 29.5 Å². The van der Waals surface area contributed by atoms with Gasteiger partial charge in [0.05, 0.1) is 38.7 Å². The first-order valence-corrected chi connectivity index (χ1v) is 35.1. The zero-order chi connectivity index (χ0) is 67.5. The van der Waals surface area contributed by atoms with E-state index in [-0.39, 0.29) is 0 Å². The van der Waals surface area contributed by atoms with Crippen molar-refractivity contribution in [2.45, 2.75) is 0 Å². The Hall–Kier alpha value is -13.5. The molecule has 8 aromatic heterocycles. The second kappa shape index (κ2) is 22.3. The van der Waals surface area contributed by atoms with Gasteiger partial charge in [0.15, 0.2) is 11.2 Å². The number of aromatic nitrogens is 6. The molecule has 11 heteroatoms. The molecule has 0 aliphatic rings. The van der Waals surface area contributed by atoms with Crippen LogP contribution < -0.4 is 0 Å². The molecule has 0 saturated heterocycles. The van der Waals surface area contributed by atoms with Gasteiger partial charge in [-0.2, -0.15) is 9.97 Å². The largest absolute Gasteiger partial charge is 0.454 e. The van der Waals surface area contributed by atoms with E-state index in [1.54, 1.807) is 0 Å². The maximum Gasteiger partial charge on any atom is 0.238 e. The van der Waals surface area contributed by atoms with Crippen LogP contribution in [0, 0.1) is 0 Å². The summed E-state index contributed by atoms with van der Waals surface area (Å²) in [6.45, 7) is 0. The number of para-hydroxylation sites is 4. The molecule has 10 nitrogen and oxygen atoms in total. The number of aromatic amines is 1. The summed E-state index contributed by atoms with van der Waals surface area (Å²) in [7, 11) is 0. The molecule has 1 N–H and O–H groups in total. The Morgan fingerprint density at radius 3 is 1.23 bits per heavy atom. The molecule has 0 amide bonds. The molecule has 0 saturated carbocycles. The van der Waals surface area contributed by atoms with Gasteiger partial charge >= 0.3 is 0 Å². The fourth-order valence-electron chi connectivity index (χ4n) is 16.3. The van der Waals surface area contributed by atoms with E-state index in [0.717, 1.165) is 143 Å². The van der Waals surface area contributed by atoms with Crippen LogP contribution in [-0.2, 0) is 0 Å². The van der Waals surface area contributed by atoms with Gasteiger partial charge in [-0.25, -0.2) is 9.97 Å². The molecule has 480 valence electrons. The summed E-state index contributed by atoms with van der Waals surface area (Å²) in [5.41, 5.74) is 14.2. The SMILES string of the molecule is Brc1nc(-c2ccc3ccccc3c2)c2c(n1)oc1ccccc12.c1ccc2c(c1)ccc1c2[nH]c2c3oc4ccccc4c3c3ccccc3c12.c1ccc2cc(-c3nc(-n4c5c6ccccc6ccc5c5c6ccccc6c6c7ccccc7oc6c54)nc4oc5ccccc5c34)ccc2c1. The van der Waals surface area contributed by atoms with Crippen molar-refractivity contribution in [2.24, 2.45) is 0 Å². The minimum atomic E-state index is 0.525. The number of furan rings is 4. The molecule has 8 heterocycles. The van der Waals surface area contributed by atoms with Crippen molar-refractivity contribution < 1.29 is 17.7 Å². The number of rotatable bonds is 3. The Kier molecular flexibility index (Phi) is 12.4. The highest BCUT2D eigenvalue weighted by atomic mass is 79.9. The molecule has 0 atom stereocenters. The van der Waals surface area contributed by atoms with Crippen molar-refractivity contribution >= 4 is 212 Å². The van der Waals surface area contributed by atoms with Crippen LogP contribution in [0.3, 0.4) is 0 Å². The molecule has 0 spiro atoms. The molecule has 16 aromatic carbocycles. The minimum absolute atomic E-state index is 0.525. The molecule has 0 unspecified atom stereocenters. The minimum Gasteiger partial charge on any atom is -0.454 e. The highest BCUT2D eigenvalue weighted by molar-refractivity contribution is 9.10. The molecule has 0 fully saturated rings. The fourth-order valence-corrected chi connectivity index (χ4v) is 16.7. The molecule has 0 aliphatic heterocycles. The monoisotopic (exact) mass is 1380 g/mol. The Morgan fingerprint density at radius 2 is 0.660 bits per heavy atom. The van der Waals surface area contributed by atoms with Gasteiger partial charge in [-0.1, -0.05) is 267 Å². The summed E-state index contributed by atoms with van der Waals surface area (Å²) in [5, 5.41) is 27.4. The quantitative estimate of drug-likeness (QED) is 0.173. The third-order valence-electron chi connectivity index (χ3n) is 20.8. The third kappa shape index (κ3) is 8.67. The first-order chi connectivity index (χ1) is 51.0. The van der Waals surface area contributed by atoms with Gasteiger partial charge in [-0.15, -0.1) is 0 Å². The predicted molar refractivity (Wildman–Crippen MR) is 427 cm³/mol. The third-order valence-corrected chi connectivity index (χ3v) is 21.2. The summed E-state index contributed by atoms with van der Waals surface area (Å²) in [6, 6.07) is 106. The van der Waals surface area contributed by atoms with Crippen LogP contribution in [0.1, 0.15) is 0 Å². The highest BCUT2D eigenvalue weighted by Gasteiger charge is 2.28. The smallest absolute Gasteiger partial charge is 0.238 e. The van der Waals surface area contributed by atoms with Crippen LogP contribution >= 0.6 is 15.9 Å². The summed E-state index contributed by atoms with van der Waals surface area (Å²) in [5.74, 6) is 0.526. The average molecular weight is 1380 g/mol. The van der Waals surface area contributed by atoms with Crippen LogP contribution in [0.5, 0.6) is 0 Å². The lowest BCUT2D eigenvalue weighted by atomic mass is 9.98. The molecule has 24 aromatic rings. The topological polar surface area (TPSA) is 125 Å². The fraction of sp³-hybridized carbons (Fsp3) is 0. The maximum absolute atomic E-state index is 6.88. The number of hydrogen-bond acceptors (Lipinski definition) is 8. The lowest BCUT2D eigenvalue weighted by Crippen LogP contribution is -2.03. The van der Waals surface area contributed by atoms with Gasteiger partial charge in [0, 0.05) is 75.8 Å². The van der Waals surface area contributed by atoms with E-state index in [1.165, 1.54) is 64.8 Å². The van der Waals surface area contributed by atoms with Crippen molar-refractivity contribution in [3.05, 3.63) is 308 Å². The van der Waals surface area contributed by atoms with Crippen LogP contribution in [0.15, 0.2) is 326 Å². The van der Waals surface area contributed by atoms with E-state index >= 15 is 0 Å². The van der Waals surface area contributed by atoms with E-state index in [9.17, 15) is 0 Å². The second-order valence-corrected chi connectivity index (χ2v) is 27.1. The number of nitrogens with one attached hydrogen (secondary N) is 1. The van der Waals surface area contributed by atoms with E-state index in [4.69, 9.17) is 27.6 Å². The van der Waals surface area contributed by atoms with Crippen molar-refractivity contribution in [1.29, 1.82) is 0 Å². The molecule has 0 aliphatic carbocycles. The van der Waals surface area contributed by atoms with E-state index in [0.29, 0.717) is 22.1 Å². The molecule has 24 rings (SSSR count). The standard InChI is InChI=1S/C46H25N3O2.C26H15NO.C20H11BrN2O/c1-2-13-28-25-29(22-21-26(28)11-1)41-40-34-18-8-10-20-37(34)51-45(40)48-46(47-41)49-42-30-14-4-3-12-27(30)23-24-35(42)38-31-15-5-6-16-32(31)39-33-17-7-9-19-36(33)50-44(39)43(38)49;1-2-8-16-15(7-1)13-14-20-22-17-9-3-4-10-18(17)23-19-11-5-6-12-21(19)28-26(23)25(22)27-24(16)20;21-20-22-18(14-10-9-12-5-1-2-6-13(12)11-14)17-15-7-3-4-8-16(15)24-19(17)23-20/h1-25H;1-14,27H;1-11H. The highest BCUT2D eigenvalue weighted by Crippen LogP contribution is 2.49. The molecular weight excluding hydrogens is 1330 g/mol. The van der Waals surface area contributed by atoms with Crippen molar-refractivity contribution in [1.82, 2.24) is 29.5 Å². The van der Waals surface area contributed by atoms with Crippen molar-refractivity contribution in [3.8, 4) is 28.5 Å². The first kappa shape index (κ1) is 57.4. The normalized spacial score (nSPS) is 12.1. The molecular formula is C92H51BrN6O4. The van der Waals surface area contributed by atoms with Crippen LogP contribution in [0.4, 0.5) is 0 Å². The molecule has 103 heavy (non-hydrogen) atoms. The summed E-state index contributed by atoms with van der Waals surface area (Å²) in [6.07, 6.45) is 0. The van der Waals surface area contributed by atoms with Crippen LogP contribution in [0.2, 0.25) is 0 Å². The van der Waals surface area contributed by atoms with E-state index < -0.39 is 0 Å². The van der Waals surface area contributed by atoms with Gasteiger partial charge in [-0.3, -0.25) is 4.57 Å². The van der Waals surface area contributed by atoms with Gasteiger partial charge in [-0.05, 0) is 106 Å². The average Bonchev–Trinajstić information content (AvgIpc) is 1.54. The van der Waals surface area contributed by atoms with E-state index in [2.05, 4.69) is 260 Å². The van der Waals surface area contributed by atoms with Crippen molar-refractivity contribution in [2.75, 3.05) is 0 Å². The van der Waals surface area contributed by atoms with Crippen molar-refractivity contribution in [3.63, 3.8) is 0 Å². The second-order valence-electron chi connectivity index (χ2n) is 26.4. The van der Waals surface area contributed by atoms with E-state index in [1.807, 2.05) is 78.9 Å². The van der Waals surface area contributed by atoms with Gasteiger partial charge in [0.1, 0.15) is 27.8 Å². The van der Waals surface area contributed by atoms with Crippen LogP contribution in [0.25, 0.3) is 225 Å². The number of nitrogens with zero attached hydrogens (tertiary/aromatic N) is 5. The Bertz CT molecular complexity index is 7740. The summed E-state index contributed by atoms with van der Waals surface area (Å²) < 4.78 is 28.5. The maximum atomic E-state index is 6.88. The number of benzene rings is 16. The zero-order valence-electron chi connectivity index (χ0n) is 54.6. The Morgan fingerprint density at radius 1 is 0.262 bits per heavy atom. The lowest BCUT2D eigenvalue weighted by Gasteiger charge is -2.12. The summed E-state index contributed by atoms with van der Waals surface area (Å²) in [4.78, 5) is 23.6. The predicted octanol–water partition coefficient (Wildman–Crippen LogP) is 26.0. The molecule has 0 bridgehead atoms. The lowest BCUT2D eigenvalue weighted by molar-refractivity contribution is 0.650. The van der Waals surface area contributed by atoms with Gasteiger partial charge < -0.3 is 22.7 Å².